The first-order valence-corrected chi connectivity index (χ1v) is 12.4. The average Bonchev–Trinajstić information content (AvgIpc) is 3.35. The van der Waals surface area contributed by atoms with Gasteiger partial charge in [0.1, 0.15) is 5.82 Å². The molecule has 2 aromatic carbocycles. The quantitative estimate of drug-likeness (QED) is 0.429. The SMILES string of the molecule is O=C(/C=C/c1ccc(-c2ccc(F)cc2)s1)NCc1cccc(NC(=O)CCN2CCOCC2)c1. The number of rotatable bonds is 9. The van der Waals surface area contributed by atoms with Crippen LogP contribution in [-0.4, -0.2) is 49.6 Å². The van der Waals surface area contributed by atoms with Gasteiger partial charge in [-0.15, -0.1) is 11.3 Å². The van der Waals surface area contributed by atoms with Crippen molar-refractivity contribution >= 4 is 34.9 Å². The summed E-state index contributed by atoms with van der Waals surface area (Å²) in [4.78, 5) is 28.7. The third-order valence-electron chi connectivity index (χ3n) is 5.59. The largest absolute Gasteiger partial charge is 0.379 e. The number of halogens is 1. The van der Waals surface area contributed by atoms with Crippen molar-refractivity contribution in [3.05, 3.63) is 83.0 Å². The van der Waals surface area contributed by atoms with E-state index in [0.717, 1.165) is 47.2 Å². The molecule has 182 valence electrons. The molecule has 0 atom stereocenters. The van der Waals surface area contributed by atoms with Crippen molar-refractivity contribution in [2.45, 2.75) is 13.0 Å². The van der Waals surface area contributed by atoms with Gasteiger partial charge in [0.2, 0.25) is 11.8 Å². The fraction of sp³-hybridized carbons (Fsp3) is 0.259. The van der Waals surface area contributed by atoms with Gasteiger partial charge in [0.25, 0.3) is 0 Å². The molecule has 2 N–H and O–H groups in total. The molecule has 6 nitrogen and oxygen atoms in total. The Kier molecular flexibility index (Phi) is 8.78. The van der Waals surface area contributed by atoms with Gasteiger partial charge in [-0.2, -0.15) is 0 Å². The van der Waals surface area contributed by atoms with Crippen LogP contribution in [0.2, 0.25) is 0 Å². The molecule has 8 heteroatoms. The Balaban J connectivity index is 1.23. The lowest BCUT2D eigenvalue weighted by Crippen LogP contribution is -2.38. The molecule has 0 unspecified atom stereocenters. The van der Waals surface area contributed by atoms with E-state index in [1.54, 1.807) is 18.2 Å². The highest BCUT2D eigenvalue weighted by molar-refractivity contribution is 7.16. The Morgan fingerprint density at radius 2 is 1.86 bits per heavy atom. The summed E-state index contributed by atoms with van der Waals surface area (Å²) in [7, 11) is 0. The first-order valence-electron chi connectivity index (χ1n) is 11.6. The van der Waals surface area contributed by atoms with Gasteiger partial charge in [-0.3, -0.25) is 14.5 Å². The molecule has 1 aromatic heterocycles. The van der Waals surface area contributed by atoms with Crippen LogP contribution < -0.4 is 10.6 Å². The predicted molar refractivity (Wildman–Crippen MR) is 138 cm³/mol. The predicted octanol–water partition coefficient (Wildman–Crippen LogP) is 4.54. The van der Waals surface area contributed by atoms with Crippen LogP contribution >= 0.6 is 11.3 Å². The number of nitrogens with zero attached hydrogens (tertiary/aromatic N) is 1. The van der Waals surface area contributed by atoms with Crippen molar-refractivity contribution in [2.75, 3.05) is 38.2 Å². The standard InChI is InChI=1S/C27H28FN3O3S/c28-22-6-4-21(5-7-22)25-10-8-24(35-25)9-11-26(32)29-19-20-2-1-3-23(18-20)30-27(33)12-13-31-14-16-34-17-15-31/h1-11,18H,12-17,19H2,(H,29,32)(H,30,33)/b11-9+. The maximum Gasteiger partial charge on any atom is 0.244 e. The van der Waals surface area contributed by atoms with Gasteiger partial charge >= 0.3 is 0 Å². The zero-order valence-corrected chi connectivity index (χ0v) is 20.2. The van der Waals surface area contributed by atoms with Crippen molar-refractivity contribution in [1.29, 1.82) is 0 Å². The van der Waals surface area contributed by atoms with Crippen LogP contribution in [0.3, 0.4) is 0 Å². The van der Waals surface area contributed by atoms with E-state index >= 15 is 0 Å². The average molecular weight is 494 g/mol. The van der Waals surface area contributed by atoms with Crippen LogP contribution in [0.4, 0.5) is 10.1 Å². The van der Waals surface area contributed by atoms with Gasteiger partial charge in [0, 0.05) is 54.1 Å². The van der Waals surface area contributed by atoms with E-state index in [1.807, 2.05) is 36.4 Å². The number of nitrogens with one attached hydrogen (secondary N) is 2. The van der Waals surface area contributed by atoms with E-state index in [9.17, 15) is 14.0 Å². The summed E-state index contributed by atoms with van der Waals surface area (Å²) in [6.45, 7) is 4.22. The third-order valence-corrected chi connectivity index (χ3v) is 6.69. The highest BCUT2D eigenvalue weighted by Gasteiger charge is 2.12. The van der Waals surface area contributed by atoms with E-state index in [1.165, 1.54) is 29.5 Å². The number of hydrogen-bond acceptors (Lipinski definition) is 5. The second kappa shape index (κ2) is 12.4. The topological polar surface area (TPSA) is 70.7 Å². The Labute approximate surface area is 208 Å². The van der Waals surface area contributed by atoms with Crippen molar-refractivity contribution in [2.24, 2.45) is 0 Å². The maximum atomic E-state index is 13.1. The third kappa shape index (κ3) is 7.85. The van der Waals surface area contributed by atoms with E-state index in [2.05, 4.69) is 15.5 Å². The van der Waals surface area contributed by atoms with Gasteiger partial charge < -0.3 is 15.4 Å². The fourth-order valence-electron chi connectivity index (χ4n) is 3.68. The molecular weight excluding hydrogens is 465 g/mol. The van der Waals surface area contributed by atoms with E-state index < -0.39 is 0 Å². The normalized spacial score (nSPS) is 14.2. The molecule has 1 aliphatic heterocycles. The summed E-state index contributed by atoms with van der Waals surface area (Å²) < 4.78 is 18.4. The number of morpholine rings is 1. The van der Waals surface area contributed by atoms with Crippen LogP contribution in [0.15, 0.2) is 66.7 Å². The first-order chi connectivity index (χ1) is 17.0. The lowest BCUT2D eigenvalue weighted by Gasteiger charge is -2.26. The lowest BCUT2D eigenvalue weighted by molar-refractivity contribution is -0.117. The molecule has 3 aromatic rings. The smallest absolute Gasteiger partial charge is 0.244 e. The lowest BCUT2D eigenvalue weighted by atomic mass is 10.2. The number of carbonyl (C=O) groups is 2. The number of amides is 2. The molecule has 2 heterocycles. The Bertz CT molecular complexity index is 1170. The van der Waals surface area contributed by atoms with Gasteiger partial charge in [0.05, 0.1) is 13.2 Å². The van der Waals surface area contributed by atoms with Gasteiger partial charge in [-0.1, -0.05) is 24.3 Å². The molecule has 0 aliphatic carbocycles. The van der Waals surface area contributed by atoms with Crippen LogP contribution in [0.5, 0.6) is 0 Å². The van der Waals surface area contributed by atoms with Gasteiger partial charge in [-0.25, -0.2) is 4.39 Å². The molecule has 2 amide bonds. The molecule has 1 aliphatic rings. The number of hydrogen-bond donors (Lipinski definition) is 2. The van der Waals surface area contributed by atoms with Crippen molar-refractivity contribution in [3.8, 4) is 10.4 Å². The second-order valence-electron chi connectivity index (χ2n) is 8.21. The van der Waals surface area contributed by atoms with Gasteiger partial charge in [-0.05, 0) is 53.6 Å². The first kappa shape index (κ1) is 24.8. The monoisotopic (exact) mass is 493 g/mol. The van der Waals surface area contributed by atoms with E-state index in [-0.39, 0.29) is 17.6 Å². The zero-order chi connectivity index (χ0) is 24.5. The van der Waals surface area contributed by atoms with Crippen molar-refractivity contribution in [1.82, 2.24) is 10.2 Å². The number of benzene rings is 2. The summed E-state index contributed by atoms with van der Waals surface area (Å²) in [5, 5.41) is 5.80. The molecule has 4 rings (SSSR count). The van der Waals surface area contributed by atoms with Gasteiger partial charge in [0.15, 0.2) is 0 Å². The highest BCUT2D eigenvalue weighted by Crippen LogP contribution is 2.28. The number of carbonyl (C=O) groups excluding carboxylic acids is 2. The second-order valence-corrected chi connectivity index (χ2v) is 9.33. The van der Waals surface area contributed by atoms with Crippen molar-refractivity contribution in [3.63, 3.8) is 0 Å². The van der Waals surface area contributed by atoms with E-state index in [4.69, 9.17) is 4.74 Å². The maximum absolute atomic E-state index is 13.1. The number of anilines is 1. The summed E-state index contributed by atoms with van der Waals surface area (Å²) in [6.07, 6.45) is 3.69. The van der Waals surface area contributed by atoms with Crippen LogP contribution in [0.1, 0.15) is 16.9 Å². The summed E-state index contributed by atoms with van der Waals surface area (Å²) in [5.74, 6) is -0.503. The molecular formula is C27H28FN3O3S. The summed E-state index contributed by atoms with van der Waals surface area (Å²) in [6, 6.07) is 17.7. The minimum Gasteiger partial charge on any atom is -0.379 e. The highest BCUT2D eigenvalue weighted by atomic mass is 32.1. The van der Waals surface area contributed by atoms with Crippen molar-refractivity contribution < 1.29 is 18.7 Å². The minimum absolute atomic E-state index is 0.0310. The van der Waals surface area contributed by atoms with E-state index in [0.29, 0.717) is 25.2 Å². The minimum atomic E-state index is -0.265. The van der Waals surface area contributed by atoms with Crippen LogP contribution in [-0.2, 0) is 20.9 Å². The summed E-state index contributed by atoms with van der Waals surface area (Å²) >= 11 is 1.53. The zero-order valence-electron chi connectivity index (χ0n) is 19.3. The van der Waals surface area contributed by atoms with Crippen LogP contribution in [0.25, 0.3) is 16.5 Å². The molecule has 0 bridgehead atoms. The molecule has 0 spiro atoms. The molecule has 1 saturated heterocycles. The summed E-state index contributed by atoms with van der Waals surface area (Å²) in [5.41, 5.74) is 2.55. The molecule has 0 saturated carbocycles. The Morgan fingerprint density at radius 3 is 2.66 bits per heavy atom. The molecule has 35 heavy (non-hydrogen) atoms. The Hall–Kier alpha value is -3.33. The Morgan fingerprint density at radius 1 is 1.06 bits per heavy atom. The molecule has 1 fully saturated rings. The number of thiophene rings is 1. The number of ether oxygens (including phenoxy) is 1. The fourth-order valence-corrected chi connectivity index (χ4v) is 4.60. The molecule has 0 radical (unpaired) electrons. The van der Waals surface area contributed by atoms with Crippen LogP contribution in [0, 0.1) is 5.82 Å².